The van der Waals surface area contributed by atoms with Crippen molar-refractivity contribution in [3.63, 3.8) is 0 Å². The molecule has 0 amide bonds. The van der Waals surface area contributed by atoms with Gasteiger partial charge in [0, 0.05) is 42.0 Å². The largest absolute Gasteiger partial charge is 0.384 e. The molecular weight excluding hydrogens is 362 g/mol. The third kappa shape index (κ3) is 2.86. The minimum atomic E-state index is -3.70. The van der Waals surface area contributed by atoms with E-state index >= 15 is 0 Å². The van der Waals surface area contributed by atoms with Gasteiger partial charge in [-0.25, -0.2) is 13.1 Å². The van der Waals surface area contributed by atoms with Gasteiger partial charge in [0.2, 0.25) is 10.0 Å². The van der Waals surface area contributed by atoms with E-state index in [9.17, 15) is 8.42 Å². The van der Waals surface area contributed by atoms with Crippen LogP contribution in [-0.4, -0.2) is 40.9 Å². The third-order valence-corrected chi connectivity index (χ3v) is 7.10. The van der Waals surface area contributed by atoms with Crippen molar-refractivity contribution in [2.45, 2.75) is 23.5 Å². The SMILES string of the molecule is COC[C@H]1[C@@H](NS(=O)(=O)c2cccc3cccc(Cl)c23)[C@H]2CCO[C@H]21. The maximum Gasteiger partial charge on any atom is 0.241 e. The minimum Gasteiger partial charge on any atom is -0.384 e. The zero-order valence-electron chi connectivity index (χ0n) is 13.8. The Labute approximate surface area is 152 Å². The Kier molecular flexibility index (Phi) is 4.50. The topological polar surface area (TPSA) is 64.6 Å². The zero-order chi connectivity index (χ0) is 17.6. The van der Waals surface area contributed by atoms with E-state index in [0.717, 1.165) is 11.8 Å². The fraction of sp³-hybridized carbons (Fsp3) is 0.444. The van der Waals surface area contributed by atoms with Gasteiger partial charge in [-0.15, -0.1) is 0 Å². The first-order chi connectivity index (χ1) is 12.0. The van der Waals surface area contributed by atoms with E-state index < -0.39 is 10.0 Å². The van der Waals surface area contributed by atoms with Gasteiger partial charge in [0.15, 0.2) is 0 Å². The van der Waals surface area contributed by atoms with Gasteiger partial charge < -0.3 is 9.47 Å². The lowest BCUT2D eigenvalue weighted by Crippen LogP contribution is -2.62. The highest BCUT2D eigenvalue weighted by atomic mass is 35.5. The van der Waals surface area contributed by atoms with Crippen LogP contribution in [0.15, 0.2) is 41.3 Å². The van der Waals surface area contributed by atoms with Crippen LogP contribution in [0.4, 0.5) is 0 Å². The van der Waals surface area contributed by atoms with Gasteiger partial charge in [-0.1, -0.05) is 35.9 Å². The predicted octanol–water partition coefficient (Wildman–Crippen LogP) is 2.82. The van der Waals surface area contributed by atoms with Crippen LogP contribution in [-0.2, 0) is 19.5 Å². The molecule has 4 atom stereocenters. The number of benzene rings is 2. The Morgan fingerprint density at radius 1 is 1.28 bits per heavy atom. The first-order valence-electron chi connectivity index (χ1n) is 8.33. The zero-order valence-corrected chi connectivity index (χ0v) is 15.4. The number of ether oxygens (including phenoxy) is 2. The molecule has 1 saturated carbocycles. The molecule has 0 aromatic heterocycles. The number of methoxy groups -OCH3 is 1. The molecule has 7 heteroatoms. The predicted molar refractivity (Wildman–Crippen MR) is 96.3 cm³/mol. The van der Waals surface area contributed by atoms with Crippen molar-refractivity contribution in [1.29, 1.82) is 0 Å². The molecule has 0 radical (unpaired) electrons. The molecule has 0 spiro atoms. The second-order valence-electron chi connectivity index (χ2n) is 6.65. The van der Waals surface area contributed by atoms with Crippen LogP contribution < -0.4 is 4.72 Å². The molecule has 1 heterocycles. The molecule has 2 aliphatic rings. The summed E-state index contributed by atoms with van der Waals surface area (Å²) in [5.74, 6) is 0.248. The van der Waals surface area contributed by atoms with Crippen LogP contribution >= 0.6 is 11.6 Å². The van der Waals surface area contributed by atoms with Crippen LogP contribution in [0.5, 0.6) is 0 Å². The van der Waals surface area contributed by atoms with E-state index in [1.807, 2.05) is 18.2 Å². The maximum absolute atomic E-state index is 13.1. The molecule has 25 heavy (non-hydrogen) atoms. The summed E-state index contributed by atoms with van der Waals surface area (Å²) in [5.41, 5.74) is 0. The molecule has 1 saturated heterocycles. The smallest absolute Gasteiger partial charge is 0.241 e. The van der Waals surface area contributed by atoms with Gasteiger partial charge in [0.25, 0.3) is 0 Å². The highest BCUT2D eigenvalue weighted by Crippen LogP contribution is 2.44. The summed E-state index contributed by atoms with van der Waals surface area (Å²) >= 11 is 6.29. The second kappa shape index (κ2) is 6.52. The van der Waals surface area contributed by atoms with Gasteiger partial charge >= 0.3 is 0 Å². The van der Waals surface area contributed by atoms with E-state index in [2.05, 4.69) is 4.72 Å². The minimum absolute atomic E-state index is 0.0396. The highest BCUT2D eigenvalue weighted by molar-refractivity contribution is 7.89. The van der Waals surface area contributed by atoms with Crippen molar-refractivity contribution in [2.75, 3.05) is 20.3 Å². The lowest BCUT2D eigenvalue weighted by atomic mass is 9.68. The van der Waals surface area contributed by atoms with E-state index in [0.29, 0.717) is 23.6 Å². The molecular formula is C18H20ClNO4S. The molecule has 2 fully saturated rings. The first-order valence-corrected chi connectivity index (χ1v) is 10.2. The number of rotatable bonds is 5. The Balaban J connectivity index is 1.69. The Morgan fingerprint density at radius 3 is 2.80 bits per heavy atom. The maximum atomic E-state index is 13.1. The molecule has 2 aromatic rings. The molecule has 0 bridgehead atoms. The second-order valence-corrected chi connectivity index (χ2v) is 8.74. The quantitative estimate of drug-likeness (QED) is 0.864. The standard InChI is InChI=1S/C18H20ClNO4S/c1-23-10-13-17(12-8-9-24-18(12)13)20-25(21,22)15-7-3-5-11-4-2-6-14(19)16(11)15/h2-7,12-13,17-18,20H,8-10H2,1H3/t12-,13+,17+,18-/m1/s1. The van der Waals surface area contributed by atoms with Crippen molar-refractivity contribution in [2.24, 2.45) is 11.8 Å². The van der Waals surface area contributed by atoms with Crippen molar-refractivity contribution in [3.8, 4) is 0 Å². The van der Waals surface area contributed by atoms with Crippen molar-refractivity contribution >= 4 is 32.4 Å². The van der Waals surface area contributed by atoms with Crippen molar-refractivity contribution < 1.29 is 17.9 Å². The first kappa shape index (κ1) is 17.2. The van der Waals surface area contributed by atoms with Crippen LogP contribution in [0.2, 0.25) is 5.02 Å². The lowest BCUT2D eigenvalue weighted by Gasteiger charge is -2.47. The van der Waals surface area contributed by atoms with Crippen molar-refractivity contribution in [3.05, 3.63) is 41.4 Å². The summed E-state index contributed by atoms with van der Waals surface area (Å²) in [6.07, 6.45) is 0.956. The number of fused-ring (bicyclic) bond motifs is 2. The number of sulfonamides is 1. The highest BCUT2D eigenvalue weighted by Gasteiger charge is 2.55. The summed E-state index contributed by atoms with van der Waals surface area (Å²) in [4.78, 5) is 0.217. The van der Waals surface area contributed by atoms with Crippen LogP contribution in [0.1, 0.15) is 6.42 Å². The van der Waals surface area contributed by atoms with Gasteiger partial charge in [-0.05, 0) is 23.9 Å². The van der Waals surface area contributed by atoms with E-state index in [1.165, 1.54) is 0 Å². The Morgan fingerprint density at radius 2 is 2.04 bits per heavy atom. The lowest BCUT2D eigenvalue weighted by molar-refractivity contribution is -0.0775. The van der Waals surface area contributed by atoms with Gasteiger partial charge in [0.05, 0.1) is 17.6 Å². The van der Waals surface area contributed by atoms with Gasteiger partial charge in [-0.2, -0.15) is 0 Å². The average Bonchev–Trinajstić information content (AvgIpc) is 3.02. The molecule has 134 valence electrons. The van der Waals surface area contributed by atoms with Crippen LogP contribution in [0, 0.1) is 11.8 Å². The summed E-state index contributed by atoms with van der Waals surface area (Å²) in [6, 6.07) is 10.4. The third-order valence-electron chi connectivity index (χ3n) is 5.28. The normalized spacial score (nSPS) is 28.7. The number of hydrogen-bond acceptors (Lipinski definition) is 4. The van der Waals surface area contributed by atoms with E-state index in [-0.39, 0.29) is 28.9 Å². The van der Waals surface area contributed by atoms with E-state index in [4.69, 9.17) is 21.1 Å². The molecule has 1 aliphatic heterocycles. The molecule has 0 unspecified atom stereocenters. The van der Waals surface area contributed by atoms with Crippen LogP contribution in [0.25, 0.3) is 10.8 Å². The summed E-state index contributed by atoms with van der Waals surface area (Å²) < 4.78 is 40.0. The molecule has 2 aromatic carbocycles. The monoisotopic (exact) mass is 381 g/mol. The summed E-state index contributed by atoms with van der Waals surface area (Å²) in [6.45, 7) is 1.15. The number of nitrogens with one attached hydrogen (secondary N) is 1. The molecule has 1 N–H and O–H groups in total. The van der Waals surface area contributed by atoms with Gasteiger partial charge in [0.1, 0.15) is 0 Å². The van der Waals surface area contributed by atoms with E-state index in [1.54, 1.807) is 25.3 Å². The number of hydrogen-bond donors (Lipinski definition) is 1. The summed E-state index contributed by atoms with van der Waals surface area (Å²) in [7, 11) is -2.08. The Hall–Kier alpha value is -1.18. The van der Waals surface area contributed by atoms with Crippen molar-refractivity contribution in [1.82, 2.24) is 4.72 Å². The van der Waals surface area contributed by atoms with Gasteiger partial charge in [-0.3, -0.25) is 0 Å². The van der Waals surface area contributed by atoms with Crippen LogP contribution in [0.3, 0.4) is 0 Å². The molecule has 5 nitrogen and oxygen atoms in total. The average molecular weight is 382 g/mol. The number of halogens is 1. The summed E-state index contributed by atoms with van der Waals surface area (Å²) in [5, 5.41) is 1.79. The Bertz CT molecular complexity index is 896. The molecule has 4 rings (SSSR count). The fourth-order valence-corrected chi connectivity index (χ4v) is 6.05. The fourth-order valence-electron chi connectivity index (χ4n) is 4.12. The molecule has 1 aliphatic carbocycles.